The lowest BCUT2D eigenvalue weighted by molar-refractivity contribution is -0.161. The van der Waals surface area contributed by atoms with Crippen molar-refractivity contribution < 1.29 is 24.2 Å². The Hall–Kier alpha value is -2.66. The molecular weight excluding hydrogens is 741 g/mol. The van der Waals surface area contributed by atoms with E-state index in [9.17, 15) is 14.7 Å². The molecule has 0 fully saturated rings. The Morgan fingerprint density at radius 1 is 0.400 bits per heavy atom. The molecule has 1 unspecified atom stereocenters. The summed E-state index contributed by atoms with van der Waals surface area (Å²) in [4.78, 5) is 24.4. The second kappa shape index (κ2) is 50.7. The highest BCUT2D eigenvalue weighted by Crippen LogP contribution is 2.16. The van der Waals surface area contributed by atoms with Crippen LogP contribution in [0.2, 0.25) is 0 Å². The number of carbonyl (C=O) groups is 2. The molecule has 0 radical (unpaired) electrons. The molecule has 0 aliphatic rings. The Labute approximate surface area is 372 Å². The number of esters is 2. The summed E-state index contributed by atoms with van der Waals surface area (Å²) in [6, 6.07) is 0. The number of aliphatic hydroxyl groups excluding tert-OH is 1. The molecule has 0 rings (SSSR count). The third-order valence-electron chi connectivity index (χ3n) is 11.0. The summed E-state index contributed by atoms with van der Waals surface area (Å²) in [6.45, 7) is 4.01. The summed E-state index contributed by atoms with van der Waals surface area (Å²) < 4.78 is 10.7. The molecule has 0 aromatic carbocycles. The summed E-state index contributed by atoms with van der Waals surface area (Å²) in [7, 11) is 0. The number of aliphatic hydroxyl groups is 1. The molecule has 0 aromatic heterocycles. The highest BCUT2D eigenvalue weighted by Gasteiger charge is 2.16. The van der Waals surface area contributed by atoms with E-state index in [0.717, 1.165) is 77.0 Å². The van der Waals surface area contributed by atoms with Gasteiger partial charge in [-0.05, 0) is 83.5 Å². The van der Waals surface area contributed by atoms with Gasteiger partial charge in [-0.2, -0.15) is 0 Å². The third-order valence-corrected chi connectivity index (χ3v) is 11.0. The molecule has 60 heavy (non-hydrogen) atoms. The Kier molecular flexibility index (Phi) is 48.4. The molecule has 5 heteroatoms. The lowest BCUT2D eigenvalue weighted by atomic mass is 10.0. The van der Waals surface area contributed by atoms with E-state index in [1.807, 2.05) is 0 Å². The van der Waals surface area contributed by atoms with Gasteiger partial charge in [-0.1, -0.05) is 222 Å². The maximum absolute atomic E-state index is 12.3. The van der Waals surface area contributed by atoms with Crippen LogP contribution in [0.5, 0.6) is 0 Å². The Balaban J connectivity index is 3.49. The number of carbonyl (C=O) groups excluding carboxylic acids is 2. The van der Waals surface area contributed by atoms with Gasteiger partial charge >= 0.3 is 11.9 Å². The highest BCUT2D eigenvalue weighted by atomic mass is 16.6. The molecule has 0 saturated heterocycles. The van der Waals surface area contributed by atoms with Crippen LogP contribution in [0.25, 0.3) is 0 Å². The molecular formula is C55H96O5. The zero-order valence-electron chi connectivity index (χ0n) is 39.5. The molecule has 0 spiro atoms. The van der Waals surface area contributed by atoms with E-state index in [2.05, 4.69) is 86.8 Å². The number of hydrogen-bond donors (Lipinski definition) is 1. The van der Waals surface area contributed by atoms with Crippen LogP contribution in [0.3, 0.4) is 0 Å². The Morgan fingerprint density at radius 2 is 0.717 bits per heavy atom. The van der Waals surface area contributed by atoms with E-state index in [1.54, 1.807) is 0 Å². The van der Waals surface area contributed by atoms with Crippen molar-refractivity contribution in [1.82, 2.24) is 0 Å². The molecule has 0 aromatic rings. The van der Waals surface area contributed by atoms with Crippen molar-refractivity contribution in [2.75, 3.05) is 13.2 Å². The Morgan fingerprint density at radius 3 is 1.08 bits per heavy atom. The highest BCUT2D eigenvalue weighted by molar-refractivity contribution is 5.70. The van der Waals surface area contributed by atoms with E-state index >= 15 is 0 Å². The second-order valence-electron chi connectivity index (χ2n) is 16.9. The fourth-order valence-electron chi connectivity index (χ4n) is 7.17. The van der Waals surface area contributed by atoms with Gasteiger partial charge < -0.3 is 14.6 Å². The molecule has 0 bridgehead atoms. The van der Waals surface area contributed by atoms with Crippen LogP contribution in [-0.2, 0) is 19.1 Å². The summed E-state index contributed by atoms with van der Waals surface area (Å²) in [5.74, 6) is -0.595. The Bertz CT molecular complexity index is 1080. The fraction of sp³-hybridized carbons (Fsp3) is 0.745. The minimum Gasteiger partial charge on any atom is -0.462 e. The van der Waals surface area contributed by atoms with Gasteiger partial charge in [0.25, 0.3) is 0 Å². The van der Waals surface area contributed by atoms with Gasteiger partial charge in [-0.3, -0.25) is 9.59 Å². The molecule has 0 heterocycles. The summed E-state index contributed by atoms with van der Waals surface area (Å²) >= 11 is 0. The number of rotatable bonds is 46. The van der Waals surface area contributed by atoms with E-state index in [-0.39, 0.29) is 25.2 Å². The molecule has 1 atom stereocenters. The third kappa shape index (κ3) is 48.0. The van der Waals surface area contributed by atoms with Crippen LogP contribution in [0.1, 0.15) is 245 Å². The first-order chi connectivity index (χ1) is 29.6. The van der Waals surface area contributed by atoms with E-state index in [4.69, 9.17) is 9.47 Å². The van der Waals surface area contributed by atoms with Gasteiger partial charge in [0.1, 0.15) is 6.61 Å². The van der Waals surface area contributed by atoms with Crippen molar-refractivity contribution in [3.63, 3.8) is 0 Å². The van der Waals surface area contributed by atoms with Crippen LogP contribution in [0, 0.1) is 0 Å². The molecule has 0 amide bonds. The SMILES string of the molecule is CC/C=C\C/C=C\C/C=C\C/C=C\CCCCCCCCCCCCCCCCCCC(=O)OC(CO)COC(=O)CCCCCCCCC/C=C\C/C=C\CCCCC. The monoisotopic (exact) mass is 837 g/mol. The van der Waals surface area contributed by atoms with Crippen LogP contribution >= 0.6 is 0 Å². The van der Waals surface area contributed by atoms with Crippen LogP contribution in [-0.4, -0.2) is 36.4 Å². The topological polar surface area (TPSA) is 72.8 Å². The lowest BCUT2D eigenvalue weighted by Crippen LogP contribution is -2.28. The van der Waals surface area contributed by atoms with Gasteiger partial charge in [0.2, 0.25) is 0 Å². The van der Waals surface area contributed by atoms with E-state index in [0.29, 0.717) is 12.8 Å². The van der Waals surface area contributed by atoms with Gasteiger partial charge in [0.05, 0.1) is 6.61 Å². The molecule has 0 saturated carbocycles. The van der Waals surface area contributed by atoms with Crippen molar-refractivity contribution in [2.24, 2.45) is 0 Å². The van der Waals surface area contributed by atoms with Crippen LogP contribution in [0.15, 0.2) is 72.9 Å². The number of hydrogen-bond acceptors (Lipinski definition) is 5. The second-order valence-corrected chi connectivity index (χ2v) is 16.9. The first-order valence-electron chi connectivity index (χ1n) is 25.5. The molecule has 0 aliphatic heterocycles. The van der Waals surface area contributed by atoms with Crippen molar-refractivity contribution in [1.29, 1.82) is 0 Å². The quantitative estimate of drug-likeness (QED) is 0.0376. The van der Waals surface area contributed by atoms with Gasteiger partial charge in [0.15, 0.2) is 6.10 Å². The number of ether oxygens (including phenoxy) is 2. The summed E-state index contributed by atoms with van der Waals surface area (Å²) in [5, 5.41) is 9.62. The molecule has 1 N–H and O–H groups in total. The van der Waals surface area contributed by atoms with Crippen molar-refractivity contribution >= 4 is 11.9 Å². The molecule has 5 nitrogen and oxygen atoms in total. The van der Waals surface area contributed by atoms with E-state index in [1.165, 1.54) is 141 Å². The molecule has 346 valence electrons. The predicted molar refractivity (Wildman–Crippen MR) is 260 cm³/mol. The minimum absolute atomic E-state index is 0.0705. The zero-order chi connectivity index (χ0) is 43.5. The van der Waals surface area contributed by atoms with Crippen LogP contribution in [0.4, 0.5) is 0 Å². The maximum atomic E-state index is 12.3. The van der Waals surface area contributed by atoms with Gasteiger partial charge in [0, 0.05) is 12.8 Å². The van der Waals surface area contributed by atoms with Gasteiger partial charge in [-0.25, -0.2) is 0 Å². The lowest BCUT2D eigenvalue weighted by Gasteiger charge is -2.15. The summed E-state index contributed by atoms with van der Waals surface area (Å²) in [6.07, 6.45) is 68.5. The van der Waals surface area contributed by atoms with Crippen molar-refractivity contribution in [3.05, 3.63) is 72.9 Å². The zero-order valence-corrected chi connectivity index (χ0v) is 39.5. The standard InChI is InChI=1S/C55H96O5/c1-3-5-7-9-11-13-15-17-19-21-22-23-24-25-26-27-28-29-30-31-32-34-36-38-40-42-44-46-48-50-55(58)60-53(51-56)52-59-54(57)49-47-45-43-41-39-37-35-33-20-18-16-14-12-10-8-6-4-2/h5,7,11-14,17-20,22-23,53,56H,3-4,6,8-10,15-16,21,24-52H2,1-2H3/b7-5-,13-11-,14-12-,19-17-,20-18-,23-22-. The average molecular weight is 837 g/mol. The largest absolute Gasteiger partial charge is 0.462 e. The summed E-state index contributed by atoms with van der Waals surface area (Å²) in [5.41, 5.74) is 0. The number of allylic oxidation sites excluding steroid dienone is 12. The first kappa shape index (κ1) is 57.3. The number of unbranched alkanes of at least 4 members (excludes halogenated alkanes) is 26. The van der Waals surface area contributed by atoms with Crippen molar-refractivity contribution in [3.8, 4) is 0 Å². The average Bonchev–Trinajstić information content (AvgIpc) is 3.25. The van der Waals surface area contributed by atoms with Gasteiger partial charge in [-0.15, -0.1) is 0 Å². The molecule has 0 aliphatic carbocycles. The maximum Gasteiger partial charge on any atom is 0.306 e. The fourth-order valence-corrected chi connectivity index (χ4v) is 7.17. The first-order valence-corrected chi connectivity index (χ1v) is 25.5. The smallest absolute Gasteiger partial charge is 0.306 e. The van der Waals surface area contributed by atoms with E-state index < -0.39 is 6.10 Å². The normalized spacial score (nSPS) is 12.8. The van der Waals surface area contributed by atoms with Crippen molar-refractivity contribution in [2.45, 2.75) is 251 Å². The van der Waals surface area contributed by atoms with Crippen LogP contribution < -0.4 is 0 Å². The predicted octanol–water partition coefficient (Wildman–Crippen LogP) is 16.9. The minimum atomic E-state index is -0.777.